The predicted molar refractivity (Wildman–Crippen MR) is 48.1 cm³/mol. The first-order valence-corrected chi connectivity index (χ1v) is 4.17. The SMILES string of the molecule is C=CC(C)(CC)CC(C)C. The van der Waals surface area contributed by atoms with Gasteiger partial charge in [0.15, 0.2) is 0 Å². The summed E-state index contributed by atoms with van der Waals surface area (Å²) in [5, 5.41) is 0. The molecule has 0 radical (unpaired) electrons. The van der Waals surface area contributed by atoms with Crippen molar-refractivity contribution in [2.45, 2.75) is 40.5 Å². The second kappa shape index (κ2) is 3.80. The second-order valence-corrected chi connectivity index (χ2v) is 3.81. The lowest BCUT2D eigenvalue weighted by Crippen LogP contribution is -2.14. The summed E-state index contributed by atoms with van der Waals surface area (Å²) in [6.07, 6.45) is 4.55. The summed E-state index contributed by atoms with van der Waals surface area (Å²) >= 11 is 0. The first kappa shape index (κ1) is 9.74. The highest BCUT2D eigenvalue weighted by Gasteiger charge is 2.18. The van der Waals surface area contributed by atoms with E-state index in [1.165, 1.54) is 12.8 Å². The van der Waals surface area contributed by atoms with Crippen LogP contribution >= 0.6 is 0 Å². The van der Waals surface area contributed by atoms with Gasteiger partial charge in [0.25, 0.3) is 0 Å². The monoisotopic (exact) mass is 140 g/mol. The maximum atomic E-state index is 3.86. The number of allylic oxidation sites excluding steroid dienone is 1. The van der Waals surface area contributed by atoms with Gasteiger partial charge in [-0.25, -0.2) is 0 Å². The third-order valence-corrected chi connectivity index (χ3v) is 2.18. The van der Waals surface area contributed by atoms with E-state index in [2.05, 4.69) is 40.3 Å². The Kier molecular flexibility index (Phi) is 3.70. The van der Waals surface area contributed by atoms with Crippen molar-refractivity contribution >= 4 is 0 Å². The largest absolute Gasteiger partial charge is 0.103 e. The number of hydrogen-bond donors (Lipinski definition) is 0. The Bertz CT molecular complexity index is 103. The van der Waals surface area contributed by atoms with Gasteiger partial charge in [0.05, 0.1) is 0 Å². The third-order valence-electron chi connectivity index (χ3n) is 2.18. The van der Waals surface area contributed by atoms with Gasteiger partial charge >= 0.3 is 0 Å². The van der Waals surface area contributed by atoms with Gasteiger partial charge in [-0.15, -0.1) is 6.58 Å². The van der Waals surface area contributed by atoms with Gasteiger partial charge in [0.1, 0.15) is 0 Å². The minimum Gasteiger partial charge on any atom is -0.103 e. The molecule has 0 spiro atoms. The van der Waals surface area contributed by atoms with Crippen molar-refractivity contribution < 1.29 is 0 Å². The highest BCUT2D eigenvalue weighted by Crippen LogP contribution is 2.30. The van der Waals surface area contributed by atoms with Crippen LogP contribution in [-0.2, 0) is 0 Å². The maximum Gasteiger partial charge on any atom is -0.0149 e. The molecule has 0 aliphatic heterocycles. The molecule has 0 rings (SSSR count). The molecule has 0 saturated carbocycles. The molecule has 0 aromatic heterocycles. The van der Waals surface area contributed by atoms with E-state index in [9.17, 15) is 0 Å². The highest BCUT2D eigenvalue weighted by molar-refractivity contribution is 4.90. The molecule has 10 heavy (non-hydrogen) atoms. The van der Waals surface area contributed by atoms with Crippen LogP contribution in [0.3, 0.4) is 0 Å². The van der Waals surface area contributed by atoms with E-state index in [1.807, 2.05) is 0 Å². The number of rotatable bonds is 4. The van der Waals surface area contributed by atoms with E-state index in [1.54, 1.807) is 0 Å². The molecule has 0 heteroatoms. The van der Waals surface area contributed by atoms with Gasteiger partial charge in [-0.2, -0.15) is 0 Å². The smallest absolute Gasteiger partial charge is 0.0149 e. The van der Waals surface area contributed by atoms with E-state index >= 15 is 0 Å². The topological polar surface area (TPSA) is 0 Å². The van der Waals surface area contributed by atoms with Gasteiger partial charge in [-0.3, -0.25) is 0 Å². The molecule has 0 aromatic carbocycles. The first-order chi connectivity index (χ1) is 4.54. The van der Waals surface area contributed by atoms with E-state index in [0.717, 1.165) is 5.92 Å². The van der Waals surface area contributed by atoms with Crippen LogP contribution in [-0.4, -0.2) is 0 Å². The lowest BCUT2D eigenvalue weighted by molar-refractivity contribution is 0.323. The summed E-state index contributed by atoms with van der Waals surface area (Å²) in [5.41, 5.74) is 0.369. The molecule has 1 unspecified atom stereocenters. The quantitative estimate of drug-likeness (QED) is 0.523. The fourth-order valence-corrected chi connectivity index (χ4v) is 1.30. The average molecular weight is 140 g/mol. The summed E-state index contributed by atoms with van der Waals surface area (Å²) in [6, 6.07) is 0. The summed E-state index contributed by atoms with van der Waals surface area (Å²) in [6.45, 7) is 12.9. The van der Waals surface area contributed by atoms with Crippen LogP contribution in [0.5, 0.6) is 0 Å². The van der Waals surface area contributed by atoms with Gasteiger partial charge < -0.3 is 0 Å². The van der Waals surface area contributed by atoms with Gasteiger partial charge in [-0.05, 0) is 24.2 Å². The molecule has 60 valence electrons. The van der Waals surface area contributed by atoms with E-state index in [0.29, 0.717) is 5.41 Å². The summed E-state index contributed by atoms with van der Waals surface area (Å²) in [4.78, 5) is 0. The maximum absolute atomic E-state index is 3.86. The summed E-state index contributed by atoms with van der Waals surface area (Å²) in [7, 11) is 0. The van der Waals surface area contributed by atoms with Gasteiger partial charge in [0, 0.05) is 0 Å². The van der Waals surface area contributed by atoms with Crippen molar-refractivity contribution in [1.82, 2.24) is 0 Å². The molecule has 0 fully saturated rings. The fourth-order valence-electron chi connectivity index (χ4n) is 1.30. The van der Waals surface area contributed by atoms with Crippen molar-refractivity contribution in [2.75, 3.05) is 0 Å². The Labute approximate surface area is 65.3 Å². The van der Waals surface area contributed by atoms with Crippen LogP contribution in [0.4, 0.5) is 0 Å². The Hall–Kier alpha value is -0.260. The molecule has 1 atom stereocenters. The zero-order valence-corrected chi connectivity index (χ0v) is 7.78. The molecular formula is C10H20. The average Bonchev–Trinajstić information content (AvgIpc) is 1.87. The van der Waals surface area contributed by atoms with Gasteiger partial charge in [-0.1, -0.05) is 33.8 Å². The molecule has 0 N–H and O–H groups in total. The fraction of sp³-hybridized carbons (Fsp3) is 0.800. The predicted octanol–water partition coefficient (Wildman–Crippen LogP) is 3.63. The van der Waals surface area contributed by atoms with Crippen molar-refractivity contribution in [1.29, 1.82) is 0 Å². The summed E-state index contributed by atoms with van der Waals surface area (Å²) < 4.78 is 0. The Balaban J connectivity index is 3.92. The Morgan fingerprint density at radius 1 is 1.50 bits per heavy atom. The molecule has 0 aliphatic carbocycles. The molecule has 0 heterocycles. The van der Waals surface area contributed by atoms with E-state index < -0.39 is 0 Å². The van der Waals surface area contributed by atoms with Crippen LogP contribution in [0.25, 0.3) is 0 Å². The molecule has 0 bridgehead atoms. The van der Waals surface area contributed by atoms with Crippen LogP contribution < -0.4 is 0 Å². The van der Waals surface area contributed by atoms with Crippen molar-refractivity contribution in [3.05, 3.63) is 12.7 Å². The normalized spacial score (nSPS) is 16.9. The van der Waals surface area contributed by atoms with Crippen LogP contribution in [0.15, 0.2) is 12.7 Å². The lowest BCUT2D eigenvalue weighted by atomic mass is 9.80. The highest BCUT2D eigenvalue weighted by atomic mass is 14.2. The van der Waals surface area contributed by atoms with E-state index in [-0.39, 0.29) is 0 Å². The van der Waals surface area contributed by atoms with Crippen LogP contribution in [0, 0.1) is 11.3 Å². The molecule has 0 amide bonds. The molecule has 0 aromatic rings. The summed E-state index contributed by atoms with van der Waals surface area (Å²) in [5.74, 6) is 0.781. The first-order valence-electron chi connectivity index (χ1n) is 4.17. The van der Waals surface area contributed by atoms with Crippen molar-refractivity contribution in [3.8, 4) is 0 Å². The minimum absolute atomic E-state index is 0.369. The van der Waals surface area contributed by atoms with Crippen LogP contribution in [0.1, 0.15) is 40.5 Å². The van der Waals surface area contributed by atoms with Crippen molar-refractivity contribution in [2.24, 2.45) is 11.3 Å². The third kappa shape index (κ3) is 3.05. The molecule has 0 aliphatic rings. The van der Waals surface area contributed by atoms with E-state index in [4.69, 9.17) is 0 Å². The standard InChI is InChI=1S/C10H20/c1-6-10(5,7-2)8-9(3)4/h6,9H,1,7-8H2,2-5H3. The van der Waals surface area contributed by atoms with Crippen molar-refractivity contribution in [3.63, 3.8) is 0 Å². The zero-order valence-electron chi connectivity index (χ0n) is 7.78. The molecule has 0 nitrogen and oxygen atoms in total. The number of hydrogen-bond acceptors (Lipinski definition) is 0. The Morgan fingerprint density at radius 2 is 2.00 bits per heavy atom. The minimum atomic E-state index is 0.369. The Morgan fingerprint density at radius 3 is 2.10 bits per heavy atom. The second-order valence-electron chi connectivity index (χ2n) is 3.81. The molecule has 0 saturated heterocycles. The zero-order chi connectivity index (χ0) is 8.20. The van der Waals surface area contributed by atoms with Crippen LogP contribution in [0.2, 0.25) is 0 Å². The lowest BCUT2D eigenvalue weighted by Gasteiger charge is -2.25. The molecular weight excluding hydrogens is 120 g/mol. The van der Waals surface area contributed by atoms with Gasteiger partial charge in [0.2, 0.25) is 0 Å².